The van der Waals surface area contributed by atoms with Crippen LogP contribution in [0.2, 0.25) is 0 Å². The molecule has 18 heavy (non-hydrogen) atoms. The third-order valence-electron chi connectivity index (χ3n) is 2.37. The lowest BCUT2D eigenvalue weighted by Gasteiger charge is -2.17. The summed E-state index contributed by atoms with van der Waals surface area (Å²) in [6.45, 7) is 0.434. The molecule has 0 heterocycles. The molecule has 0 radical (unpaired) electrons. The Balaban J connectivity index is 2.65. The van der Waals surface area contributed by atoms with E-state index in [2.05, 4.69) is 10.3 Å². The van der Waals surface area contributed by atoms with Gasteiger partial charge in [0, 0.05) is 27.7 Å². The number of guanidine groups is 1. The maximum Gasteiger partial charge on any atom is 0.416 e. The number of benzene rings is 1. The number of rotatable bonds is 2. The van der Waals surface area contributed by atoms with Crippen molar-refractivity contribution in [1.29, 1.82) is 0 Å². The van der Waals surface area contributed by atoms with Gasteiger partial charge < -0.3 is 10.2 Å². The molecule has 0 atom stereocenters. The van der Waals surface area contributed by atoms with E-state index in [1.807, 2.05) is 14.1 Å². The Hall–Kier alpha value is -1.72. The van der Waals surface area contributed by atoms with E-state index >= 15 is 0 Å². The molecular formula is C12H16F3N3. The van der Waals surface area contributed by atoms with Gasteiger partial charge in [0.25, 0.3) is 0 Å². The van der Waals surface area contributed by atoms with Crippen molar-refractivity contribution in [2.45, 2.75) is 12.7 Å². The van der Waals surface area contributed by atoms with Gasteiger partial charge in [0.1, 0.15) is 0 Å². The molecule has 1 aromatic carbocycles. The zero-order valence-corrected chi connectivity index (χ0v) is 10.5. The van der Waals surface area contributed by atoms with Crippen LogP contribution in [0.4, 0.5) is 13.2 Å². The van der Waals surface area contributed by atoms with E-state index in [1.165, 1.54) is 12.1 Å². The Labute approximate surface area is 104 Å². The van der Waals surface area contributed by atoms with Crippen molar-refractivity contribution in [2.24, 2.45) is 4.99 Å². The minimum absolute atomic E-state index is 0.434. The van der Waals surface area contributed by atoms with Gasteiger partial charge in [-0.1, -0.05) is 12.1 Å². The van der Waals surface area contributed by atoms with Gasteiger partial charge in [-0.2, -0.15) is 13.2 Å². The molecule has 1 rings (SSSR count). The van der Waals surface area contributed by atoms with Crippen LogP contribution >= 0.6 is 0 Å². The van der Waals surface area contributed by atoms with Crippen LogP contribution in [0.3, 0.4) is 0 Å². The Morgan fingerprint density at radius 2 is 1.78 bits per heavy atom. The summed E-state index contributed by atoms with van der Waals surface area (Å²) in [6.07, 6.45) is -4.29. The van der Waals surface area contributed by atoms with Crippen molar-refractivity contribution >= 4 is 5.96 Å². The molecule has 0 saturated heterocycles. The van der Waals surface area contributed by atoms with Crippen LogP contribution < -0.4 is 5.32 Å². The number of halogens is 3. The van der Waals surface area contributed by atoms with Crippen LogP contribution in [-0.2, 0) is 12.7 Å². The Morgan fingerprint density at radius 3 is 2.17 bits per heavy atom. The van der Waals surface area contributed by atoms with Crippen LogP contribution in [0.15, 0.2) is 29.3 Å². The van der Waals surface area contributed by atoms with Crippen LogP contribution in [0.1, 0.15) is 11.1 Å². The second-order valence-electron chi connectivity index (χ2n) is 3.99. The van der Waals surface area contributed by atoms with Crippen molar-refractivity contribution in [1.82, 2.24) is 10.2 Å². The lowest BCUT2D eigenvalue weighted by molar-refractivity contribution is -0.137. The number of hydrogen-bond acceptors (Lipinski definition) is 1. The van der Waals surface area contributed by atoms with Crippen molar-refractivity contribution in [3.8, 4) is 0 Å². The molecule has 3 nitrogen and oxygen atoms in total. The van der Waals surface area contributed by atoms with Crippen molar-refractivity contribution in [3.05, 3.63) is 35.4 Å². The summed E-state index contributed by atoms with van der Waals surface area (Å²) >= 11 is 0. The fraction of sp³-hybridized carbons (Fsp3) is 0.417. The molecule has 0 aliphatic carbocycles. The fourth-order valence-electron chi connectivity index (χ4n) is 1.43. The third kappa shape index (κ3) is 3.94. The SMILES string of the molecule is CN=C(NCc1ccc(C(F)(F)F)cc1)N(C)C. The summed E-state index contributed by atoms with van der Waals surface area (Å²) in [5.41, 5.74) is 0.134. The summed E-state index contributed by atoms with van der Waals surface area (Å²) in [5, 5.41) is 3.04. The first kappa shape index (κ1) is 14.3. The molecule has 6 heteroatoms. The fourth-order valence-corrected chi connectivity index (χ4v) is 1.43. The van der Waals surface area contributed by atoms with Crippen molar-refractivity contribution in [2.75, 3.05) is 21.1 Å². The molecule has 0 aliphatic rings. The largest absolute Gasteiger partial charge is 0.416 e. The van der Waals surface area contributed by atoms with Crippen LogP contribution in [0, 0.1) is 0 Å². The van der Waals surface area contributed by atoms with Crippen molar-refractivity contribution in [3.63, 3.8) is 0 Å². The molecule has 0 amide bonds. The summed E-state index contributed by atoms with van der Waals surface area (Å²) in [5.74, 6) is 0.676. The van der Waals surface area contributed by atoms with Gasteiger partial charge in [-0.25, -0.2) is 0 Å². The van der Waals surface area contributed by atoms with Crippen LogP contribution in [0.25, 0.3) is 0 Å². The quantitative estimate of drug-likeness (QED) is 0.652. The Morgan fingerprint density at radius 1 is 1.22 bits per heavy atom. The highest BCUT2D eigenvalue weighted by atomic mass is 19.4. The predicted octanol–water partition coefficient (Wildman–Crippen LogP) is 2.34. The average molecular weight is 259 g/mol. The van der Waals surface area contributed by atoms with Gasteiger partial charge in [0.05, 0.1) is 5.56 Å². The second kappa shape index (κ2) is 5.75. The molecule has 0 saturated carbocycles. The lowest BCUT2D eigenvalue weighted by atomic mass is 10.1. The van der Waals surface area contributed by atoms with Gasteiger partial charge >= 0.3 is 6.18 Å². The molecule has 0 fully saturated rings. The Kier molecular flexibility index (Phi) is 4.58. The molecule has 0 spiro atoms. The number of alkyl halides is 3. The Bertz CT molecular complexity index is 408. The minimum Gasteiger partial charge on any atom is -0.352 e. The third-order valence-corrected chi connectivity index (χ3v) is 2.37. The van der Waals surface area contributed by atoms with Crippen molar-refractivity contribution < 1.29 is 13.2 Å². The number of nitrogens with one attached hydrogen (secondary N) is 1. The standard InChI is InChI=1S/C12H16F3N3/c1-16-11(18(2)3)17-8-9-4-6-10(7-5-9)12(13,14)15/h4-7H,8H2,1-3H3,(H,16,17). The molecule has 0 aromatic heterocycles. The van der Waals surface area contributed by atoms with E-state index in [1.54, 1.807) is 11.9 Å². The summed E-state index contributed by atoms with van der Waals surface area (Å²) in [7, 11) is 5.32. The first-order chi connectivity index (χ1) is 8.34. The van der Waals surface area contributed by atoms with Crippen LogP contribution in [0.5, 0.6) is 0 Å². The van der Waals surface area contributed by atoms with Gasteiger partial charge in [0.2, 0.25) is 0 Å². The predicted molar refractivity (Wildman–Crippen MR) is 65.3 cm³/mol. The van der Waals surface area contributed by atoms with E-state index in [-0.39, 0.29) is 0 Å². The molecular weight excluding hydrogens is 243 g/mol. The zero-order valence-electron chi connectivity index (χ0n) is 10.5. The van der Waals surface area contributed by atoms with E-state index in [9.17, 15) is 13.2 Å². The number of aliphatic imine (C=N–C) groups is 1. The minimum atomic E-state index is -4.29. The van der Waals surface area contributed by atoms with Gasteiger partial charge in [-0.05, 0) is 17.7 Å². The summed E-state index contributed by atoms with van der Waals surface area (Å²) < 4.78 is 37.1. The highest BCUT2D eigenvalue weighted by molar-refractivity contribution is 5.79. The normalized spacial score (nSPS) is 12.4. The first-order valence-electron chi connectivity index (χ1n) is 5.38. The highest BCUT2D eigenvalue weighted by Crippen LogP contribution is 2.28. The molecule has 1 aromatic rings. The van der Waals surface area contributed by atoms with Gasteiger partial charge in [0.15, 0.2) is 5.96 Å². The molecule has 0 unspecified atom stereocenters. The number of nitrogens with zero attached hydrogens (tertiary/aromatic N) is 2. The van der Waals surface area contributed by atoms with Gasteiger partial charge in [-0.3, -0.25) is 4.99 Å². The van der Waals surface area contributed by atoms with E-state index in [4.69, 9.17) is 0 Å². The average Bonchev–Trinajstić information content (AvgIpc) is 2.29. The lowest BCUT2D eigenvalue weighted by Crippen LogP contribution is -2.35. The molecule has 0 aliphatic heterocycles. The first-order valence-corrected chi connectivity index (χ1v) is 5.38. The van der Waals surface area contributed by atoms with E-state index < -0.39 is 11.7 Å². The molecule has 100 valence electrons. The maximum atomic E-state index is 12.4. The highest BCUT2D eigenvalue weighted by Gasteiger charge is 2.29. The molecule has 1 N–H and O–H groups in total. The molecule has 0 bridgehead atoms. The monoisotopic (exact) mass is 259 g/mol. The second-order valence-corrected chi connectivity index (χ2v) is 3.99. The number of hydrogen-bond donors (Lipinski definition) is 1. The topological polar surface area (TPSA) is 27.6 Å². The summed E-state index contributed by atoms with van der Waals surface area (Å²) in [4.78, 5) is 5.81. The summed E-state index contributed by atoms with van der Waals surface area (Å²) in [6, 6.07) is 5.07. The maximum absolute atomic E-state index is 12.4. The smallest absolute Gasteiger partial charge is 0.352 e. The van der Waals surface area contributed by atoms with E-state index in [0.29, 0.717) is 12.5 Å². The van der Waals surface area contributed by atoms with Crippen LogP contribution in [-0.4, -0.2) is 32.0 Å². The van der Waals surface area contributed by atoms with E-state index in [0.717, 1.165) is 17.7 Å². The zero-order chi connectivity index (χ0) is 13.8. The van der Waals surface area contributed by atoms with Gasteiger partial charge in [-0.15, -0.1) is 0 Å².